The molecular weight excluding hydrogens is 186 g/mol. The van der Waals surface area contributed by atoms with Crippen LogP contribution >= 0.6 is 11.6 Å². The second-order valence-electron chi connectivity index (χ2n) is 2.31. The van der Waals surface area contributed by atoms with Gasteiger partial charge in [-0.15, -0.1) is 0 Å². The van der Waals surface area contributed by atoms with Gasteiger partial charge in [0, 0.05) is 12.4 Å². The van der Waals surface area contributed by atoms with E-state index in [1.54, 1.807) is 16.9 Å². The van der Waals surface area contributed by atoms with Crippen molar-refractivity contribution in [2.45, 2.75) is 13.8 Å². The quantitative estimate of drug-likeness (QED) is 0.608. The van der Waals surface area contributed by atoms with Crippen LogP contribution in [0.15, 0.2) is 18.3 Å². The molecule has 0 fully saturated rings. The largest absolute Gasteiger partial charge is 0.250 e. The summed E-state index contributed by atoms with van der Waals surface area (Å²) in [7, 11) is 1.84. The molecule has 0 atom stereocenters. The second-order valence-corrected chi connectivity index (χ2v) is 2.70. The van der Waals surface area contributed by atoms with Gasteiger partial charge >= 0.3 is 0 Å². The van der Waals surface area contributed by atoms with Gasteiger partial charge < -0.3 is 0 Å². The molecule has 4 heteroatoms. The van der Waals surface area contributed by atoms with Crippen LogP contribution in [0.4, 0.5) is 0 Å². The Morgan fingerprint density at radius 2 is 2.00 bits per heavy atom. The molecule has 0 amide bonds. The van der Waals surface area contributed by atoms with E-state index in [9.17, 15) is 0 Å². The highest BCUT2D eigenvalue weighted by molar-refractivity contribution is 6.29. The molecule has 0 saturated heterocycles. The maximum atomic E-state index is 5.70. The molecule has 0 saturated carbocycles. The lowest BCUT2D eigenvalue weighted by Crippen LogP contribution is -1.90. The molecule has 3 nitrogen and oxygen atoms in total. The van der Waals surface area contributed by atoms with Crippen LogP contribution in [0.2, 0.25) is 5.15 Å². The number of pyridine rings is 1. The molecule has 2 aromatic rings. The van der Waals surface area contributed by atoms with Gasteiger partial charge in [0.1, 0.15) is 5.15 Å². The third kappa shape index (κ3) is 1.98. The molecule has 0 spiro atoms. The maximum absolute atomic E-state index is 5.70. The average Bonchev–Trinajstić information content (AvgIpc) is 2.52. The number of nitrogens with zero attached hydrogens (tertiary/aromatic N) is 3. The van der Waals surface area contributed by atoms with Crippen LogP contribution in [0.3, 0.4) is 0 Å². The number of aryl methyl sites for hydroxylation is 1. The minimum Gasteiger partial charge on any atom is -0.250 e. The lowest BCUT2D eigenvalue weighted by molar-refractivity contribution is 0.786. The zero-order chi connectivity index (χ0) is 9.84. The van der Waals surface area contributed by atoms with Crippen molar-refractivity contribution in [2.75, 3.05) is 0 Å². The first-order valence-electron chi connectivity index (χ1n) is 4.21. The van der Waals surface area contributed by atoms with Crippen molar-refractivity contribution in [3.8, 4) is 0 Å². The number of hydrogen-bond acceptors (Lipinski definition) is 2. The lowest BCUT2D eigenvalue weighted by Gasteiger charge is -1.92. The predicted octanol–water partition coefficient (Wildman–Crippen LogP) is 2.65. The van der Waals surface area contributed by atoms with Crippen LogP contribution in [0.25, 0.3) is 11.0 Å². The summed E-state index contributed by atoms with van der Waals surface area (Å²) in [5.74, 6) is 0. The van der Waals surface area contributed by atoms with Gasteiger partial charge in [-0.2, -0.15) is 5.10 Å². The Morgan fingerprint density at radius 1 is 1.31 bits per heavy atom. The van der Waals surface area contributed by atoms with Gasteiger partial charge in [0.25, 0.3) is 0 Å². The van der Waals surface area contributed by atoms with Crippen molar-refractivity contribution in [2.24, 2.45) is 7.05 Å². The Labute approximate surface area is 82.3 Å². The molecule has 0 aliphatic heterocycles. The van der Waals surface area contributed by atoms with E-state index >= 15 is 0 Å². The second kappa shape index (κ2) is 4.23. The van der Waals surface area contributed by atoms with E-state index < -0.39 is 0 Å². The summed E-state index contributed by atoms with van der Waals surface area (Å²) in [6, 6.07) is 3.66. The molecule has 2 aromatic heterocycles. The highest BCUT2D eigenvalue weighted by atomic mass is 35.5. The summed E-state index contributed by atoms with van der Waals surface area (Å²) in [5.41, 5.74) is 0.817. The first-order chi connectivity index (χ1) is 6.27. The van der Waals surface area contributed by atoms with Gasteiger partial charge in [0.15, 0.2) is 5.65 Å². The smallest absolute Gasteiger partial charge is 0.159 e. The zero-order valence-electron chi connectivity index (χ0n) is 7.95. The van der Waals surface area contributed by atoms with Crippen molar-refractivity contribution < 1.29 is 0 Å². The Kier molecular flexibility index (Phi) is 3.25. The SMILES string of the molecule is CC.Cn1ncc2ccc(Cl)nc21. The Hall–Kier alpha value is -1.09. The van der Waals surface area contributed by atoms with Gasteiger partial charge in [-0.05, 0) is 12.1 Å². The molecular formula is C9H12ClN3. The highest BCUT2D eigenvalue weighted by Crippen LogP contribution is 2.13. The van der Waals surface area contributed by atoms with E-state index in [1.807, 2.05) is 27.0 Å². The zero-order valence-corrected chi connectivity index (χ0v) is 8.71. The van der Waals surface area contributed by atoms with E-state index in [0.29, 0.717) is 5.15 Å². The number of halogens is 1. The minimum atomic E-state index is 0.501. The topological polar surface area (TPSA) is 30.7 Å². The van der Waals surface area contributed by atoms with Crippen molar-refractivity contribution in [3.63, 3.8) is 0 Å². The van der Waals surface area contributed by atoms with E-state index in [0.717, 1.165) is 11.0 Å². The van der Waals surface area contributed by atoms with Crippen LogP contribution in [-0.2, 0) is 7.05 Å². The first kappa shape index (κ1) is 9.99. The summed E-state index contributed by atoms with van der Waals surface area (Å²) in [5, 5.41) is 5.54. The fourth-order valence-electron chi connectivity index (χ4n) is 1.000. The lowest BCUT2D eigenvalue weighted by atomic mass is 10.4. The Bertz CT molecular complexity index is 395. The van der Waals surface area contributed by atoms with Gasteiger partial charge in [-0.3, -0.25) is 4.68 Å². The number of fused-ring (bicyclic) bond motifs is 1. The molecule has 0 N–H and O–H groups in total. The molecule has 2 heterocycles. The first-order valence-corrected chi connectivity index (χ1v) is 4.59. The number of rotatable bonds is 0. The van der Waals surface area contributed by atoms with Crippen LogP contribution in [0, 0.1) is 0 Å². The van der Waals surface area contributed by atoms with E-state index in [2.05, 4.69) is 10.1 Å². The minimum absolute atomic E-state index is 0.501. The summed E-state index contributed by atoms with van der Waals surface area (Å²) >= 11 is 5.70. The van der Waals surface area contributed by atoms with Gasteiger partial charge in [-0.1, -0.05) is 25.4 Å². The fraction of sp³-hybridized carbons (Fsp3) is 0.333. The van der Waals surface area contributed by atoms with Gasteiger partial charge in [0.2, 0.25) is 0 Å². The van der Waals surface area contributed by atoms with E-state index in [4.69, 9.17) is 11.6 Å². The van der Waals surface area contributed by atoms with E-state index in [-0.39, 0.29) is 0 Å². The third-order valence-electron chi connectivity index (χ3n) is 1.55. The molecule has 0 radical (unpaired) electrons. The Balaban J connectivity index is 0.000000396. The van der Waals surface area contributed by atoms with Crippen molar-refractivity contribution in [1.29, 1.82) is 0 Å². The number of hydrogen-bond donors (Lipinski definition) is 0. The summed E-state index contributed by atoms with van der Waals surface area (Å²) in [4.78, 5) is 4.10. The molecule has 0 bridgehead atoms. The monoisotopic (exact) mass is 197 g/mol. The van der Waals surface area contributed by atoms with Gasteiger partial charge in [0.05, 0.1) is 6.20 Å². The fourth-order valence-corrected chi connectivity index (χ4v) is 1.14. The van der Waals surface area contributed by atoms with Crippen molar-refractivity contribution >= 4 is 22.6 Å². The molecule has 70 valence electrons. The van der Waals surface area contributed by atoms with Crippen LogP contribution in [-0.4, -0.2) is 14.8 Å². The molecule has 0 aromatic carbocycles. The predicted molar refractivity (Wildman–Crippen MR) is 54.9 cm³/mol. The normalized spacial score (nSPS) is 9.54. The van der Waals surface area contributed by atoms with E-state index in [1.165, 1.54) is 0 Å². The van der Waals surface area contributed by atoms with Crippen LogP contribution in [0.1, 0.15) is 13.8 Å². The molecule has 0 aliphatic carbocycles. The van der Waals surface area contributed by atoms with Gasteiger partial charge in [-0.25, -0.2) is 4.98 Å². The standard InChI is InChI=1S/C7H6ClN3.C2H6/c1-11-7-5(4-9-11)2-3-6(8)10-7;1-2/h2-4H,1H3;1-2H3. The summed E-state index contributed by atoms with van der Waals surface area (Å²) in [6.45, 7) is 4.00. The van der Waals surface area contributed by atoms with Crippen LogP contribution in [0.5, 0.6) is 0 Å². The maximum Gasteiger partial charge on any atom is 0.159 e. The number of aromatic nitrogens is 3. The van der Waals surface area contributed by atoms with Crippen molar-refractivity contribution in [1.82, 2.24) is 14.8 Å². The highest BCUT2D eigenvalue weighted by Gasteiger charge is 1.99. The average molecular weight is 198 g/mol. The summed E-state index contributed by atoms with van der Waals surface area (Å²) in [6.07, 6.45) is 1.76. The van der Waals surface area contributed by atoms with Crippen LogP contribution < -0.4 is 0 Å². The third-order valence-corrected chi connectivity index (χ3v) is 1.76. The molecule has 2 rings (SSSR count). The molecule has 0 unspecified atom stereocenters. The Morgan fingerprint density at radius 3 is 2.69 bits per heavy atom. The van der Waals surface area contributed by atoms with Crippen molar-refractivity contribution in [3.05, 3.63) is 23.5 Å². The molecule has 13 heavy (non-hydrogen) atoms. The summed E-state index contributed by atoms with van der Waals surface area (Å²) < 4.78 is 1.70. The molecule has 0 aliphatic rings.